The molecule has 0 saturated heterocycles. The van der Waals surface area contributed by atoms with Crippen LogP contribution in [0.3, 0.4) is 0 Å². The number of nitrogens with zero attached hydrogens (tertiary/aromatic N) is 3. The third-order valence-electron chi connectivity index (χ3n) is 4.17. The van der Waals surface area contributed by atoms with Crippen molar-refractivity contribution in [2.24, 2.45) is 0 Å². The van der Waals surface area contributed by atoms with Gasteiger partial charge in [0.2, 0.25) is 0 Å². The summed E-state index contributed by atoms with van der Waals surface area (Å²) in [7, 11) is 3.18. The smallest absolute Gasteiger partial charge is 0.278 e. The van der Waals surface area contributed by atoms with Gasteiger partial charge in [-0.05, 0) is 31.2 Å². The van der Waals surface area contributed by atoms with E-state index in [4.69, 9.17) is 9.47 Å². The van der Waals surface area contributed by atoms with Crippen molar-refractivity contribution in [1.29, 1.82) is 0 Å². The van der Waals surface area contributed by atoms with Gasteiger partial charge in [-0.3, -0.25) is 4.79 Å². The van der Waals surface area contributed by atoms with Crippen molar-refractivity contribution < 1.29 is 14.3 Å². The first-order valence-corrected chi connectivity index (χ1v) is 8.84. The van der Waals surface area contributed by atoms with Crippen LogP contribution in [0.25, 0.3) is 0 Å². The predicted octanol–water partition coefficient (Wildman–Crippen LogP) is 3.90. The van der Waals surface area contributed by atoms with Crippen LogP contribution in [0.15, 0.2) is 60.9 Å². The molecule has 0 aliphatic heterocycles. The second-order valence-corrected chi connectivity index (χ2v) is 5.86. The molecule has 0 aliphatic rings. The van der Waals surface area contributed by atoms with Crippen LogP contribution in [-0.4, -0.2) is 36.6 Å². The maximum Gasteiger partial charge on any atom is 0.278 e. The Labute approximate surface area is 164 Å². The normalized spacial score (nSPS) is 10.2. The first-order chi connectivity index (χ1) is 13.7. The molecule has 28 heavy (non-hydrogen) atoms. The highest BCUT2D eigenvalue weighted by molar-refractivity contribution is 6.04. The molecule has 3 rings (SSSR count). The van der Waals surface area contributed by atoms with Gasteiger partial charge in [0, 0.05) is 18.3 Å². The molecule has 0 spiro atoms. The monoisotopic (exact) mass is 378 g/mol. The summed E-state index contributed by atoms with van der Waals surface area (Å²) in [6, 6.07) is 14.9. The molecule has 0 aliphatic carbocycles. The molecule has 0 saturated carbocycles. The molecule has 0 fully saturated rings. The van der Waals surface area contributed by atoms with Gasteiger partial charge in [-0.2, -0.15) is 0 Å². The topological polar surface area (TPSA) is 76.6 Å². The summed E-state index contributed by atoms with van der Waals surface area (Å²) in [4.78, 5) is 23.0. The van der Waals surface area contributed by atoms with E-state index in [0.29, 0.717) is 29.5 Å². The van der Waals surface area contributed by atoms with Crippen LogP contribution in [-0.2, 0) is 0 Å². The van der Waals surface area contributed by atoms with Crippen LogP contribution in [0.1, 0.15) is 17.4 Å². The zero-order chi connectivity index (χ0) is 19.9. The van der Waals surface area contributed by atoms with Crippen LogP contribution in [0.5, 0.6) is 11.5 Å². The van der Waals surface area contributed by atoms with E-state index in [1.54, 1.807) is 37.3 Å². The molecule has 7 heteroatoms. The third-order valence-corrected chi connectivity index (χ3v) is 4.17. The highest BCUT2D eigenvalue weighted by atomic mass is 16.5. The minimum Gasteiger partial charge on any atom is -0.497 e. The van der Waals surface area contributed by atoms with Gasteiger partial charge in [0.15, 0.2) is 0 Å². The van der Waals surface area contributed by atoms with Gasteiger partial charge in [-0.1, -0.05) is 18.2 Å². The number of ether oxygens (including phenoxy) is 2. The van der Waals surface area contributed by atoms with Gasteiger partial charge >= 0.3 is 0 Å². The number of hydrogen-bond donors (Lipinski definition) is 1. The Morgan fingerprint density at radius 2 is 1.82 bits per heavy atom. The molecule has 0 atom stereocenters. The lowest BCUT2D eigenvalue weighted by molar-refractivity contribution is 0.0983. The largest absolute Gasteiger partial charge is 0.497 e. The molecule has 7 nitrogen and oxygen atoms in total. The summed E-state index contributed by atoms with van der Waals surface area (Å²) >= 11 is 0. The fraction of sp³-hybridized carbons (Fsp3) is 0.190. The van der Waals surface area contributed by atoms with Crippen molar-refractivity contribution in [2.45, 2.75) is 6.92 Å². The second-order valence-electron chi connectivity index (χ2n) is 5.86. The minimum absolute atomic E-state index is 0.202. The van der Waals surface area contributed by atoms with Crippen LogP contribution in [0.4, 0.5) is 17.2 Å². The maximum atomic E-state index is 12.8. The molecule has 1 aromatic heterocycles. The predicted molar refractivity (Wildman–Crippen MR) is 109 cm³/mol. The van der Waals surface area contributed by atoms with E-state index in [9.17, 15) is 4.79 Å². The Hall–Kier alpha value is -3.61. The van der Waals surface area contributed by atoms with E-state index in [1.807, 2.05) is 37.3 Å². The molecule has 2 aromatic carbocycles. The molecular weight excluding hydrogens is 356 g/mol. The summed E-state index contributed by atoms with van der Waals surface area (Å²) in [6.45, 7) is 2.45. The average Bonchev–Trinajstić information content (AvgIpc) is 2.75. The van der Waals surface area contributed by atoms with Crippen molar-refractivity contribution in [3.05, 3.63) is 66.6 Å². The van der Waals surface area contributed by atoms with Crippen molar-refractivity contribution >= 4 is 23.1 Å². The van der Waals surface area contributed by atoms with Crippen molar-refractivity contribution in [1.82, 2.24) is 9.97 Å². The van der Waals surface area contributed by atoms with Crippen molar-refractivity contribution in [3.63, 3.8) is 0 Å². The fourth-order valence-corrected chi connectivity index (χ4v) is 2.74. The van der Waals surface area contributed by atoms with Crippen LogP contribution in [0, 0.1) is 0 Å². The summed E-state index contributed by atoms with van der Waals surface area (Å²) in [5.41, 5.74) is 1.78. The van der Waals surface area contributed by atoms with E-state index in [1.165, 1.54) is 12.4 Å². The van der Waals surface area contributed by atoms with E-state index >= 15 is 0 Å². The third kappa shape index (κ3) is 4.20. The number of methoxy groups -OCH3 is 2. The molecular formula is C21H22N4O3. The Kier molecular flexibility index (Phi) is 6.06. The number of anilines is 3. The van der Waals surface area contributed by atoms with E-state index in [0.717, 1.165) is 5.69 Å². The zero-order valence-corrected chi connectivity index (χ0v) is 16.0. The van der Waals surface area contributed by atoms with Gasteiger partial charge in [-0.15, -0.1) is 0 Å². The van der Waals surface area contributed by atoms with Crippen molar-refractivity contribution in [2.75, 3.05) is 31.0 Å². The lowest BCUT2D eigenvalue weighted by Gasteiger charge is -2.20. The quantitative estimate of drug-likeness (QED) is 0.672. The van der Waals surface area contributed by atoms with E-state index < -0.39 is 0 Å². The molecule has 0 bridgehead atoms. The summed E-state index contributed by atoms with van der Waals surface area (Å²) in [6.07, 6.45) is 2.98. The number of hydrogen-bond acceptors (Lipinski definition) is 6. The number of rotatable bonds is 7. The van der Waals surface area contributed by atoms with Crippen LogP contribution < -0.4 is 19.7 Å². The summed E-state index contributed by atoms with van der Waals surface area (Å²) in [5.74, 6) is 1.62. The second kappa shape index (κ2) is 8.85. The number of carbonyl (C=O) groups is 1. The molecule has 144 valence electrons. The van der Waals surface area contributed by atoms with Crippen LogP contribution >= 0.6 is 0 Å². The highest BCUT2D eigenvalue weighted by Gasteiger charge is 2.17. The van der Waals surface area contributed by atoms with E-state index in [2.05, 4.69) is 15.3 Å². The number of benzene rings is 2. The average molecular weight is 378 g/mol. The van der Waals surface area contributed by atoms with Crippen molar-refractivity contribution in [3.8, 4) is 11.5 Å². The highest BCUT2D eigenvalue weighted by Crippen LogP contribution is 2.30. The number of carbonyl (C=O) groups excluding carboxylic acids is 1. The SMILES string of the molecule is CCN(C(=O)c1cnc(Nc2cc(OC)ccc2OC)cn1)c1ccccc1. The van der Waals surface area contributed by atoms with E-state index in [-0.39, 0.29) is 11.6 Å². The van der Waals surface area contributed by atoms with Gasteiger partial charge < -0.3 is 19.7 Å². The molecule has 3 aromatic rings. The standard InChI is InChI=1S/C21H22N4O3/c1-4-25(15-8-6-5-7-9-15)21(26)18-13-23-20(14-22-18)24-17-12-16(27-2)10-11-19(17)28-3/h5-14H,4H2,1-3H3,(H,23,24). The Morgan fingerprint density at radius 1 is 1.04 bits per heavy atom. The Balaban J connectivity index is 1.79. The number of para-hydroxylation sites is 1. The summed E-state index contributed by atoms with van der Waals surface area (Å²) in [5, 5.41) is 3.14. The van der Waals surface area contributed by atoms with Gasteiger partial charge in [0.1, 0.15) is 23.0 Å². The zero-order valence-electron chi connectivity index (χ0n) is 16.0. The maximum absolute atomic E-state index is 12.8. The Morgan fingerprint density at radius 3 is 2.43 bits per heavy atom. The van der Waals surface area contributed by atoms with Gasteiger partial charge in [0.25, 0.3) is 5.91 Å². The van der Waals surface area contributed by atoms with Gasteiger partial charge in [0.05, 0.1) is 32.3 Å². The lowest BCUT2D eigenvalue weighted by Crippen LogP contribution is -2.31. The number of amides is 1. The fourth-order valence-electron chi connectivity index (χ4n) is 2.74. The van der Waals surface area contributed by atoms with Crippen LogP contribution in [0.2, 0.25) is 0 Å². The molecule has 0 unspecified atom stereocenters. The number of aromatic nitrogens is 2. The molecule has 0 radical (unpaired) electrons. The minimum atomic E-state index is -0.202. The first kappa shape index (κ1) is 19.2. The lowest BCUT2D eigenvalue weighted by atomic mass is 10.2. The molecule has 1 heterocycles. The number of nitrogens with one attached hydrogen (secondary N) is 1. The van der Waals surface area contributed by atoms with Gasteiger partial charge in [-0.25, -0.2) is 9.97 Å². The molecule has 1 N–H and O–H groups in total. The summed E-state index contributed by atoms with van der Waals surface area (Å²) < 4.78 is 10.6. The Bertz CT molecular complexity index is 930. The molecule has 1 amide bonds. The first-order valence-electron chi connectivity index (χ1n) is 8.84.